The Morgan fingerprint density at radius 2 is 1.36 bits per heavy atom. The molecule has 25 heavy (non-hydrogen) atoms. The van der Waals surface area contributed by atoms with E-state index in [0.717, 1.165) is 22.3 Å². The van der Waals surface area contributed by atoms with Crippen molar-refractivity contribution in [1.82, 2.24) is 0 Å². The third kappa shape index (κ3) is 3.90. The van der Waals surface area contributed by atoms with Gasteiger partial charge < -0.3 is 5.73 Å². The first-order valence-electron chi connectivity index (χ1n) is 8.17. The van der Waals surface area contributed by atoms with Crippen LogP contribution >= 0.6 is 0 Å². The molecule has 2 aromatic carbocycles. The number of aryl methyl sites for hydroxylation is 4. The predicted octanol–water partition coefficient (Wildman–Crippen LogP) is 5.10. The lowest BCUT2D eigenvalue weighted by atomic mass is 10.1. The summed E-state index contributed by atoms with van der Waals surface area (Å²) in [5, 5.41) is 8.01. The van der Waals surface area contributed by atoms with E-state index in [1.54, 1.807) is 26.8 Å². The van der Waals surface area contributed by atoms with Crippen LogP contribution in [0.3, 0.4) is 0 Å². The van der Waals surface area contributed by atoms with Crippen LogP contribution in [0.1, 0.15) is 36.1 Å². The number of rotatable bonds is 4. The number of sulfone groups is 1. The topological polar surface area (TPSA) is 84.9 Å². The summed E-state index contributed by atoms with van der Waals surface area (Å²) < 4.78 is 25.1. The van der Waals surface area contributed by atoms with Crippen LogP contribution in [-0.2, 0) is 9.84 Å². The number of nitrogens with zero attached hydrogens (tertiary/aromatic N) is 2. The predicted molar refractivity (Wildman–Crippen MR) is 103 cm³/mol. The Labute approximate surface area is 149 Å². The molecule has 0 radical (unpaired) electrons. The summed E-state index contributed by atoms with van der Waals surface area (Å²) in [5.41, 5.74) is 11.4. The largest absolute Gasteiger partial charge is 0.397 e. The summed E-state index contributed by atoms with van der Waals surface area (Å²) in [7, 11) is -3.38. The number of nitrogens with two attached hydrogens (primary N) is 1. The normalized spacial score (nSPS) is 12.3. The summed E-state index contributed by atoms with van der Waals surface area (Å²) in [6.07, 6.45) is 0. The molecular formula is C19H25N3O2S. The van der Waals surface area contributed by atoms with Gasteiger partial charge in [0.1, 0.15) is 5.69 Å². The van der Waals surface area contributed by atoms with Crippen molar-refractivity contribution in [2.75, 3.05) is 5.73 Å². The molecule has 2 N–H and O–H groups in total. The second-order valence-corrected chi connectivity index (χ2v) is 9.17. The maximum atomic E-state index is 12.5. The fraction of sp³-hybridized carbons (Fsp3) is 0.368. The van der Waals surface area contributed by atoms with Gasteiger partial charge in [-0.25, -0.2) is 8.42 Å². The Balaban J connectivity index is 2.52. The third-order valence-corrected chi connectivity index (χ3v) is 6.62. The smallest absolute Gasteiger partial charge is 0.181 e. The van der Waals surface area contributed by atoms with Crippen molar-refractivity contribution in [3.63, 3.8) is 0 Å². The molecule has 134 valence electrons. The molecule has 0 aromatic heterocycles. The Morgan fingerprint density at radius 1 is 0.800 bits per heavy atom. The highest BCUT2D eigenvalue weighted by Crippen LogP contribution is 2.32. The van der Waals surface area contributed by atoms with Gasteiger partial charge in [-0.2, -0.15) is 5.11 Å². The molecule has 5 nitrogen and oxygen atoms in total. The van der Waals surface area contributed by atoms with Crippen LogP contribution in [0.2, 0.25) is 0 Å². The minimum Gasteiger partial charge on any atom is -0.397 e. The molecular weight excluding hydrogens is 334 g/mol. The molecule has 0 saturated carbocycles. The van der Waals surface area contributed by atoms with Gasteiger partial charge in [0.25, 0.3) is 0 Å². The van der Waals surface area contributed by atoms with Gasteiger partial charge in [0.05, 0.1) is 21.5 Å². The van der Waals surface area contributed by atoms with Crippen LogP contribution in [0.15, 0.2) is 39.4 Å². The second-order valence-electron chi connectivity index (χ2n) is 6.69. The van der Waals surface area contributed by atoms with E-state index in [2.05, 4.69) is 10.2 Å². The zero-order valence-corrected chi connectivity index (χ0v) is 16.4. The fourth-order valence-electron chi connectivity index (χ4n) is 2.51. The second kappa shape index (κ2) is 6.96. The van der Waals surface area contributed by atoms with Gasteiger partial charge in [-0.15, -0.1) is 5.11 Å². The summed E-state index contributed by atoms with van der Waals surface area (Å²) in [6.45, 7) is 11.0. The standard InChI is InChI=1S/C19H25N3O2S/c1-11(2)25(23,24)19-10-17(14(5)7-15(19)6)21-22-18-9-13(4)12(3)8-16(18)20/h7-11H,20H2,1-6H3/b22-21+. The van der Waals surface area contributed by atoms with Gasteiger partial charge >= 0.3 is 0 Å². The summed E-state index contributed by atoms with van der Waals surface area (Å²) in [4.78, 5) is 0.301. The van der Waals surface area contributed by atoms with Crippen molar-refractivity contribution in [2.45, 2.75) is 51.7 Å². The SMILES string of the molecule is Cc1cc(N)c(/N=N/c2cc(S(=O)(=O)C(C)C)c(C)cc2C)cc1C. The Hall–Kier alpha value is -2.21. The molecule has 0 bridgehead atoms. The van der Waals surface area contributed by atoms with E-state index in [4.69, 9.17) is 5.73 Å². The van der Waals surface area contributed by atoms with E-state index in [1.807, 2.05) is 39.0 Å². The zero-order valence-electron chi connectivity index (χ0n) is 15.6. The minimum absolute atomic E-state index is 0.301. The van der Waals surface area contributed by atoms with Gasteiger partial charge in [-0.3, -0.25) is 0 Å². The lowest BCUT2D eigenvalue weighted by Crippen LogP contribution is -2.15. The molecule has 2 aromatic rings. The molecule has 0 aliphatic heterocycles. The average molecular weight is 359 g/mol. The van der Waals surface area contributed by atoms with Crippen LogP contribution in [0, 0.1) is 27.7 Å². The van der Waals surface area contributed by atoms with E-state index < -0.39 is 15.1 Å². The molecule has 6 heteroatoms. The van der Waals surface area contributed by atoms with Crippen molar-refractivity contribution in [3.05, 3.63) is 46.5 Å². The zero-order chi connectivity index (χ0) is 18.9. The summed E-state index contributed by atoms with van der Waals surface area (Å²) >= 11 is 0. The first-order chi connectivity index (χ1) is 11.5. The number of nitrogen functional groups attached to an aromatic ring is 1. The van der Waals surface area contributed by atoms with Crippen molar-refractivity contribution in [1.29, 1.82) is 0 Å². The van der Waals surface area contributed by atoms with E-state index in [0.29, 0.717) is 22.0 Å². The average Bonchev–Trinajstić information content (AvgIpc) is 2.50. The van der Waals surface area contributed by atoms with Gasteiger partial charge in [-0.1, -0.05) is 6.07 Å². The highest BCUT2D eigenvalue weighted by Gasteiger charge is 2.22. The summed E-state index contributed by atoms with van der Waals surface area (Å²) in [5.74, 6) is 0. The number of hydrogen-bond acceptors (Lipinski definition) is 5. The van der Waals surface area contributed by atoms with Gasteiger partial charge in [-0.05, 0) is 82.0 Å². The lowest BCUT2D eigenvalue weighted by molar-refractivity contribution is 0.587. The van der Waals surface area contributed by atoms with E-state index in [1.165, 1.54) is 0 Å². The molecule has 0 amide bonds. The first kappa shape index (κ1) is 19.1. The summed E-state index contributed by atoms with van der Waals surface area (Å²) in [6, 6.07) is 7.16. The molecule has 0 unspecified atom stereocenters. The highest BCUT2D eigenvalue weighted by atomic mass is 32.2. The van der Waals surface area contributed by atoms with E-state index in [9.17, 15) is 8.42 Å². The molecule has 0 aliphatic carbocycles. The number of anilines is 1. The van der Waals surface area contributed by atoms with E-state index in [-0.39, 0.29) is 0 Å². The van der Waals surface area contributed by atoms with Crippen LogP contribution < -0.4 is 5.73 Å². The van der Waals surface area contributed by atoms with Crippen LogP contribution in [0.4, 0.5) is 17.1 Å². The van der Waals surface area contributed by atoms with Crippen LogP contribution in [0.25, 0.3) is 0 Å². The van der Waals surface area contributed by atoms with Crippen molar-refractivity contribution < 1.29 is 8.42 Å². The van der Waals surface area contributed by atoms with Gasteiger partial charge in [0, 0.05) is 0 Å². The maximum Gasteiger partial charge on any atom is 0.181 e. The Morgan fingerprint density at radius 3 is 1.96 bits per heavy atom. The molecule has 0 saturated heterocycles. The number of azo groups is 1. The fourth-order valence-corrected chi connectivity index (χ4v) is 3.80. The Kier molecular flexibility index (Phi) is 5.32. The molecule has 0 spiro atoms. The quantitative estimate of drug-likeness (QED) is 0.608. The molecule has 0 fully saturated rings. The molecule has 0 aliphatic rings. The van der Waals surface area contributed by atoms with E-state index >= 15 is 0 Å². The van der Waals surface area contributed by atoms with Crippen molar-refractivity contribution in [3.8, 4) is 0 Å². The number of hydrogen-bond donors (Lipinski definition) is 1. The monoisotopic (exact) mass is 359 g/mol. The molecule has 0 atom stereocenters. The third-order valence-electron chi connectivity index (χ3n) is 4.33. The van der Waals surface area contributed by atoms with Gasteiger partial charge in [0.15, 0.2) is 9.84 Å². The highest BCUT2D eigenvalue weighted by molar-refractivity contribution is 7.92. The number of benzene rings is 2. The Bertz CT molecular complexity index is 946. The van der Waals surface area contributed by atoms with Crippen molar-refractivity contribution >= 4 is 26.9 Å². The lowest BCUT2D eigenvalue weighted by Gasteiger charge is -2.12. The first-order valence-corrected chi connectivity index (χ1v) is 9.72. The van der Waals surface area contributed by atoms with Crippen LogP contribution in [-0.4, -0.2) is 13.7 Å². The minimum atomic E-state index is -3.38. The molecule has 2 rings (SSSR count). The van der Waals surface area contributed by atoms with Gasteiger partial charge in [0.2, 0.25) is 0 Å². The maximum absolute atomic E-state index is 12.5. The van der Waals surface area contributed by atoms with Crippen molar-refractivity contribution in [2.24, 2.45) is 10.2 Å². The molecule has 0 heterocycles. The van der Waals surface area contributed by atoms with Crippen LogP contribution in [0.5, 0.6) is 0 Å².